The highest BCUT2D eigenvalue weighted by atomic mass is 16.5. The normalized spacial score (nSPS) is 12.7. The first kappa shape index (κ1) is 16.0. The Morgan fingerprint density at radius 3 is 2.32 bits per heavy atom. The highest BCUT2D eigenvalue weighted by Crippen LogP contribution is 2.11. The van der Waals surface area contributed by atoms with Gasteiger partial charge in [0.25, 0.3) is 0 Å². The van der Waals surface area contributed by atoms with Crippen molar-refractivity contribution in [3.63, 3.8) is 0 Å². The van der Waals surface area contributed by atoms with Crippen LogP contribution < -0.4 is 15.4 Å². The molecular weight excluding hydrogens is 236 g/mol. The van der Waals surface area contributed by atoms with Gasteiger partial charge in [0.15, 0.2) is 0 Å². The van der Waals surface area contributed by atoms with E-state index in [0.717, 1.165) is 32.0 Å². The van der Waals surface area contributed by atoms with Crippen molar-refractivity contribution in [1.29, 1.82) is 0 Å². The summed E-state index contributed by atoms with van der Waals surface area (Å²) in [7, 11) is 0. The second-order valence-corrected chi connectivity index (χ2v) is 5.41. The van der Waals surface area contributed by atoms with Crippen LogP contribution in [0.3, 0.4) is 0 Å². The molecule has 1 aromatic rings. The lowest BCUT2D eigenvalue weighted by Crippen LogP contribution is -2.37. The highest BCUT2D eigenvalue weighted by Gasteiger charge is 2.02. The van der Waals surface area contributed by atoms with Gasteiger partial charge in [-0.25, -0.2) is 0 Å². The van der Waals surface area contributed by atoms with Crippen LogP contribution in [0.5, 0.6) is 5.75 Å². The molecule has 2 N–H and O–H groups in total. The minimum Gasteiger partial charge on any atom is -0.494 e. The van der Waals surface area contributed by atoms with Gasteiger partial charge in [0.2, 0.25) is 0 Å². The lowest BCUT2D eigenvalue weighted by atomic mass is 10.2. The second-order valence-electron chi connectivity index (χ2n) is 5.41. The summed E-state index contributed by atoms with van der Waals surface area (Å²) in [6, 6.07) is 8.77. The maximum Gasteiger partial charge on any atom is 0.119 e. The summed E-state index contributed by atoms with van der Waals surface area (Å²) >= 11 is 0. The van der Waals surface area contributed by atoms with E-state index in [4.69, 9.17) is 4.74 Å². The number of rotatable bonds is 9. The number of hydrogen-bond donors (Lipinski definition) is 2. The summed E-state index contributed by atoms with van der Waals surface area (Å²) in [5.41, 5.74) is 1.29. The van der Waals surface area contributed by atoms with Gasteiger partial charge in [0.05, 0.1) is 6.61 Å². The van der Waals surface area contributed by atoms with Gasteiger partial charge in [0, 0.05) is 19.1 Å². The van der Waals surface area contributed by atoms with E-state index < -0.39 is 0 Å². The average Bonchev–Trinajstić information content (AvgIpc) is 2.38. The SMILES string of the molecule is CCOc1ccc(CNC(C)CNCC(C)C)cc1. The molecule has 0 fully saturated rings. The van der Waals surface area contributed by atoms with E-state index in [0.29, 0.717) is 12.0 Å². The molecule has 0 heterocycles. The molecule has 0 spiro atoms. The summed E-state index contributed by atoms with van der Waals surface area (Å²) < 4.78 is 5.43. The van der Waals surface area contributed by atoms with Gasteiger partial charge in [-0.3, -0.25) is 0 Å². The summed E-state index contributed by atoms with van der Waals surface area (Å²) in [5, 5.41) is 6.98. The number of nitrogens with one attached hydrogen (secondary N) is 2. The molecule has 0 aliphatic carbocycles. The first-order valence-corrected chi connectivity index (χ1v) is 7.27. The van der Waals surface area contributed by atoms with Gasteiger partial charge >= 0.3 is 0 Å². The Morgan fingerprint density at radius 2 is 1.74 bits per heavy atom. The van der Waals surface area contributed by atoms with E-state index in [2.05, 4.69) is 43.5 Å². The molecule has 108 valence electrons. The summed E-state index contributed by atoms with van der Waals surface area (Å²) in [5.74, 6) is 1.65. The molecule has 0 radical (unpaired) electrons. The summed E-state index contributed by atoms with van der Waals surface area (Å²) in [4.78, 5) is 0. The van der Waals surface area contributed by atoms with Gasteiger partial charge in [-0.2, -0.15) is 0 Å². The maximum atomic E-state index is 5.43. The molecule has 0 aromatic heterocycles. The minimum atomic E-state index is 0.477. The second kappa shape index (κ2) is 8.94. The molecule has 0 aliphatic heterocycles. The molecule has 0 saturated heterocycles. The zero-order chi connectivity index (χ0) is 14.1. The molecule has 1 unspecified atom stereocenters. The molecule has 0 amide bonds. The topological polar surface area (TPSA) is 33.3 Å². The van der Waals surface area contributed by atoms with Crippen molar-refractivity contribution in [3.05, 3.63) is 29.8 Å². The minimum absolute atomic E-state index is 0.477. The Kier molecular flexibility index (Phi) is 7.53. The molecule has 0 aliphatic rings. The van der Waals surface area contributed by atoms with Crippen molar-refractivity contribution in [2.24, 2.45) is 5.92 Å². The van der Waals surface area contributed by atoms with Gasteiger partial charge < -0.3 is 15.4 Å². The van der Waals surface area contributed by atoms with Crippen molar-refractivity contribution in [1.82, 2.24) is 10.6 Å². The predicted octanol–water partition coefficient (Wildman–Crippen LogP) is 2.81. The molecule has 1 aromatic carbocycles. The van der Waals surface area contributed by atoms with Gasteiger partial charge in [-0.05, 0) is 44.0 Å². The van der Waals surface area contributed by atoms with Gasteiger partial charge in [0.1, 0.15) is 5.75 Å². The van der Waals surface area contributed by atoms with Crippen LogP contribution in [-0.4, -0.2) is 25.7 Å². The van der Waals surface area contributed by atoms with Crippen molar-refractivity contribution in [2.45, 2.75) is 40.3 Å². The van der Waals surface area contributed by atoms with E-state index in [-0.39, 0.29) is 0 Å². The predicted molar refractivity (Wildman–Crippen MR) is 81.6 cm³/mol. The molecule has 0 bridgehead atoms. The number of ether oxygens (including phenoxy) is 1. The zero-order valence-corrected chi connectivity index (χ0v) is 12.7. The quantitative estimate of drug-likeness (QED) is 0.719. The molecule has 3 nitrogen and oxygen atoms in total. The summed E-state index contributed by atoms with van der Waals surface area (Å²) in [6.07, 6.45) is 0. The first-order chi connectivity index (χ1) is 9.11. The van der Waals surface area contributed by atoms with Crippen molar-refractivity contribution < 1.29 is 4.74 Å². The fourth-order valence-corrected chi connectivity index (χ4v) is 1.82. The van der Waals surface area contributed by atoms with Crippen LogP contribution in [0.15, 0.2) is 24.3 Å². The fourth-order valence-electron chi connectivity index (χ4n) is 1.82. The van der Waals surface area contributed by atoms with Crippen molar-refractivity contribution in [2.75, 3.05) is 19.7 Å². The standard InChI is InChI=1S/C16H28N2O/c1-5-19-16-8-6-15(7-9-16)12-18-14(4)11-17-10-13(2)3/h6-9,13-14,17-18H,5,10-12H2,1-4H3. The Balaban J connectivity index is 2.23. The number of hydrogen-bond acceptors (Lipinski definition) is 3. The lowest BCUT2D eigenvalue weighted by Gasteiger charge is -2.16. The largest absolute Gasteiger partial charge is 0.494 e. The Bertz CT molecular complexity index is 335. The van der Waals surface area contributed by atoms with Crippen LogP contribution in [0.4, 0.5) is 0 Å². The third kappa shape index (κ3) is 7.19. The Morgan fingerprint density at radius 1 is 1.05 bits per heavy atom. The van der Waals surface area contributed by atoms with Crippen LogP contribution >= 0.6 is 0 Å². The third-order valence-electron chi connectivity index (χ3n) is 2.89. The van der Waals surface area contributed by atoms with Crippen molar-refractivity contribution >= 4 is 0 Å². The lowest BCUT2D eigenvalue weighted by molar-refractivity contribution is 0.340. The van der Waals surface area contributed by atoms with Crippen LogP contribution in [0, 0.1) is 5.92 Å². The maximum absolute atomic E-state index is 5.43. The summed E-state index contributed by atoms with van der Waals surface area (Å²) in [6.45, 7) is 12.4. The van der Waals surface area contributed by atoms with E-state index >= 15 is 0 Å². The molecule has 0 saturated carbocycles. The van der Waals surface area contributed by atoms with Crippen LogP contribution in [0.25, 0.3) is 0 Å². The van der Waals surface area contributed by atoms with Gasteiger partial charge in [-0.1, -0.05) is 26.0 Å². The Hall–Kier alpha value is -1.06. The molecule has 1 atom stereocenters. The van der Waals surface area contributed by atoms with Gasteiger partial charge in [-0.15, -0.1) is 0 Å². The molecule has 1 rings (SSSR count). The van der Waals surface area contributed by atoms with Crippen molar-refractivity contribution in [3.8, 4) is 5.75 Å². The molecule has 19 heavy (non-hydrogen) atoms. The van der Waals surface area contributed by atoms with E-state index in [1.165, 1.54) is 5.56 Å². The monoisotopic (exact) mass is 264 g/mol. The van der Waals surface area contributed by atoms with E-state index in [1.54, 1.807) is 0 Å². The average molecular weight is 264 g/mol. The van der Waals surface area contributed by atoms with Crippen LogP contribution in [0.1, 0.15) is 33.3 Å². The highest BCUT2D eigenvalue weighted by molar-refractivity contribution is 5.27. The Labute approximate surface area is 117 Å². The van der Waals surface area contributed by atoms with E-state index in [9.17, 15) is 0 Å². The number of benzene rings is 1. The van der Waals surface area contributed by atoms with Crippen LogP contribution in [-0.2, 0) is 6.54 Å². The van der Waals surface area contributed by atoms with Crippen LogP contribution in [0.2, 0.25) is 0 Å². The third-order valence-corrected chi connectivity index (χ3v) is 2.89. The molecule has 3 heteroatoms. The molecular formula is C16H28N2O. The smallest absolute Gasteiger partial charge is 0.119 e. The first-order valence-electron chi connectivity index (χ1n) is 7.27. The zero-order valence-electron chi connectivity index (χ0n) is 12.7. The van der Waals surface area contributed by atoms with E-state index in [1.807, 2.05) is 19.1 Å². The fraction of sp³-hybridized carbons (Fsp3) is 0.625.